The minimum absolute atomic E-state index is 0.588. The molecule has 1 amide bonds. The standard InChI is InChI=1S/C12H18N2.C11H9N3O/c1-10-9-11(5-6-12(10)13)14-7-3-2-4-8-14;15-8-14-10-6-12-11(13-7-10)9-4-2-1-3-5-9/h5-6,9H,2-4,7-8,13H2,1H3;1-8H,(H,14,15). The molecule has 2 heterocycles. The Morgan fingerprint density at radius 2 is 1.69 bits per heavy atom. The van der Waals surface area contributed by atoms with Crippen LogP contribution in [0.15, 0.2) is 60.9 Å². The van der Waals surface area contributed by atoms with E-state index < -0.39 is 0 Å². The molecule has 1 aliphatic rings. The number of nitrogen functional groups attached to an aromatic ring is 1. The Balaban J connectivity index is 0.000000166. The smallest absolute Gasteiger partial charge is 0.211 e. The van der Waals surface area contributed by atoms with E-state index >= 15 is 0 Å². The van der Waals surface area contributed by atoms with E-state index in [0.717, 1.165) is 11.3 Å². The monoisotopic (exact) mass is 389 g/mol. The first-order valence-electron chi connectivity index (χ1n) is 9.86. The van der Waals surface area contributed by atoms with Gasteiger partial charge in [-0.3, -0.25) is 4.79 Å². The summed E-state index contributed by atoms with van der Waals surface area (Å²) in [4.78, 5) is 20.9. The number of anilines is 3. The van der Waals surface area contributed by atoms with Crippen LogP contribution in [0, 0.1) is 6.92 Å². The molecule has 1 saturated heterocycles. The van der Waals surface area contributed by atoms with Crippen LogP contribution in [0.4, 0.5) is 17.1 Å². The van der Waals surface area contributed by atoms with Gasteiger partial charge in [-0.2, -0.15) is 0 Å². The van der Waals surface area contributed by atoms with Crippen LogP contribution in [0.3, 0.4) is 0 Å². The van der Waals surface area contributed by atoms with Gasteiger partial charge in [0.2, 0.25) is 6.41 Å². The predicted molar refractivity (Wildman–Crippen MR) is 119 cm³/mol. The van der Waals surface area contributed by atoms with E-state index in [4.69, 9.17) is 5.73 Å². The summed E-state index contributed by atoms with van der Waals surface area (Å²) in [7, 11) is 0. The number of carbonyl (C=O) groups is 1. The summed E-state index contributed by atoms with van der Waals surface area (Å²) in [6, 6.07) is 16.0. The summed E-state index contributed by atoms with van der Waals surface area (Å²) in [6.45, 7) is 4.47. The maximum Gasteiger partial charge on any atom is 0.211 e. The fourth-order valence-electron chi connectivity index (χ4n) is 3.22. The summed E-state index contributed by atoms with van der Waals surface area (Å²) in [5, 5.41) is 2.48. The summed E-state index contributed by atoms with van der Waals surface area (Å²) >= 11 is 0. The minimum Gasteiger partial charge on any atom is -0.399 e. The average Bonchev–Trinajstić information content (AvgIpc) is 2.78. The van der Waals surface area contributed by atoms with Crippen molar-refractivity contribution in [3.63, 3.8) is 0 Å². The van der Waals surface area contributed by atoms with Crippen LogP contribution in [0.2, 0.25) is 0 Å². The Morgan fingerprint density at radius 3 is 2.31 bits per heavy atom. The fraction of sp³-hybridized carbons (Fsp3) is 0.261. The number of hydrogen-bond donors (Lipinski definition) is 2. The van der Waals surface area contributed by atoms with Gasteiger partial charge in [0, 0.05) is 30.0 Å². The van der Waals surface area contributed by atoms with E-state index in [-0.39, 0.29) is 0 Å². The molecule has 4 rings (SSSR count). The Bertz CT molecular complexity index is 906. The van der Waals surface area contributed by atoms with E-state index in [1.54, 1.807) is 12.4 Å². The number of nitrogens with two attached hydrogens (primary N) is 1. The lowest BCUT2D eigenvalue weighted by atomic mass is 10.1. The highest BCUT2D eigenvalue weighted by Crippen LogP contribution is 2.23. The van der Waals surface area contributed by atoms with Crippen molar-refractivity contribution in [2.24, 2.45) is 0 Å². The molecule has 0 unspecified atom stereocenters. The van der Waals surface area contributed by atoms with Gasteiger partial charge in [-0.25, -0.2) is 9.97 Å². The number of nitrogens with one attached hydrogen (secondary N) is 1. The molecule has 0 spiro atoms. The molecule has 1 aliphatic heterocycles. The van der Waals surface area contributed by atoms with Gasteiger partial charge in [0.25, 0.3) is 0 Å². The van der Waals surface area contributed by atoms with Gasteiger partial charge in [0.05, 0.1) is 18.1 Å². The van der Waals surface area contributed by atoms with Gasteiger partial charge in [-0.05, 0) is 49.9 Å². The molecular formula is C23H27N5O. The van der Waals surface area contributed by atoms with Crippen LogP contribution >= 0.6 is 0 Å². The molecule has 0 saturated carbocycles. The number of benzene rings is 2. The third-order valence-electron chi connectivity index (χ3n) is 4.88. The second-order valence-corrected chi connectivity index (χ2v) is 7.01. The second kappa shape index (κ2) is 10.2. The normalized spacial score (nSPS) is 13.2. The van der Waals surface area contributed by atoms with Crippen molar-refractivity contribution in [3.8, 4) is 11.4 Å². The quantitative estimate of drug-likeness (QED) is 0.514. The zero-order valence-corrected chi connectivity index (χ0v) is 16.7. The van der Waals surface area contributed by atoms with E-state index in [9.17, 15) is 4.79 Å². The third kappa shape index (κ3) is 5.78. The zero-order valence-electron chi connectivity index (χ0n) is 16.7. The van der Waals surface area contributed by atoms with Crippen LogP contribution in [0.1, 0.15) is 24.8 Å². The molecule has 1 fully saturated rings. The Hall–Kier alpha value is -3.41. The first-order valence-corrected chi connectivity index (χ1v) is 9.86. The molecule has 3 N–H and O–H groups in total. The molecule has 150 valence electrons. The van der Waals surface area contributed by atoms with Crippen LogP contribution in [0.5, 0.6) is 0 Å². The van der Waals surface area contributed by atoms with E-state index in [1.807, 2.05) is 36.4 Å². The Kier molecular flexibility index (Phi) is 7.16. The van der Waals surface area contributed by atoms with Gasteiger partial charge < -0.3 is 16.0 Å². The highest BCUT2D eigenvalue weighted by molar-refractivity contribution is 5.70. The molecule has 0 atom stereocenters. The van der Waals surface area contributed by atoms with Crippen LogP contribution in [-0.4, -0.2) is 29.5 Å². The van der Waals surface area contributed by atoms with Crippen molar-refractivity contribution in [2.75, 3.05) is 29.0 Å². The lowest BCUT2D eigenvalue weighted by Crippen LogP contribution is -2.29. The van der Waals surface area contributed by atoms with Gasteiger partial charge >= 0.3 is 0 Å². The van der Waals surface area contributed by atoms with E-state index in [0.29, 0.717) is 17.9 Å². The molecule has 6 heteroatoms. The number of hydrogen-bond acceptors (Lipinski definition) is 5. The maximum atomic E-state index is 10.2. The Labute approximate surface area is 171 Å². The van der Waals surface area contributed by atoms with Crippen molar-refractivity contribution in [3.05, 3.63) is 66.5 Å². The molecule has 0 radical (unpaired) electrons. The van der Waals surface area contributed by atoms with E-state index in [1.165, 1.54) is 43.6 Å². The second-order valence-electron chi connectivity index (χ2n) is 7.01. The average molecular weight is 390 g/mol. The third-order valence-corrected chi connectivity index (χ3v) is 4.88. The number of rotatable bonds is 4. The Morgan fingerprint density at radius 1 is 1.00 bits per heavy atom. The summed E-state index contributed by atoms with van der Waals surface area (Å²) in [5.41, 5.74) is 10.8. The number of aromatic nitrogens is 2. The van der Waals surface area contributed by atoms with Crippen molar-refractivity contribution in [1.29, 1.82) is 0 Å². The van der Waals surface area contributed by atoms with Crippen molar-refractivity contribution < 1.29 is 4.79 Å². The molecule has 6 nitrogen and oxygen atoms in total. The highest BCUT2D eigenvalue weighted by Gasteiger charge is 2.10. The lowest BCUT2D eigenvalue weighted by molar-refractivity contribution is -0.105. The van der Waals surface area contributed by atoms with Crippen molar-refractivity contribution in [1.82, 2.24) is 9.97 Å². The first kappa shape index (κ1) is 20.3. The summed E-state index contributed by atoms with van der Waals surface area (Å²) in [6.07, 6.45) is 7.77. The van der Waals surface area contributed by atoms with Crippen LogP contribution < -0.4 is 16.0 Å². The molecule has 0 bridgehead atoms. The summed E-state index contributed by atoms with van der Waals surface area (Å²) in [5.74, 6) is 0.645. The SMILES string of the molecule is Cc1cc(N2CCCCC2)ccc1N.O=CNc1cnc(-c2ccccc2)nc1. The van der Waals surface area contributed by atoms with Gasteiger partial charge in [-0.1, -0.05) is 30.3 Å². The molecule has 29 heavy (non-hydrogen) atoms. The number of piperidine rings is 1. The number of aryl methyl sites for hydroxylation is 1. The van der Waals surface area contributed by atoms with Gasteiger partial charge in [0.15, 0.2) is 5.82 Å². The zero-order chi connectivity index (χ0) is 20.5. The largest absolute Gasteiger partial charge is 0.399 e. The minimum atomic E-state index is 0.588. The molecule has 1 aromatic heterocycles. The van der Waals surface area contributed by atoms with Crippen molar-refractivity contribution >= 4 is 23.5 Å². The number of amides is 1. The van der Waals surface area contributed by atoms with Crippen LogP contribution in [0.25, 0.3) is 11.4 Å². The topological polar surface area (TPSA) is 84.1 Å². The maximum absolute atomic E-state index is 10.2. The van der Waals surface area contributed by atoms with Gasteiger partial charge in [0.1, 0.15) is 0 Å². The highest BCUT2D eigenvalue weighted by atomic mass is 16.1. The van der Waals surface area contributed by atoms with Crippen molar-refractivity contribution in [2.45, 2.75) is 26.2 Å². The molecular weight excluding hydrogens is 362 g/mol. The van der Waals surface area contributed by atoms with Gasteiger partial charge in [-0.15, -0.1) is 0 Å². The molecule has 2 aromatic carbocycles. The molecule has 3 aromatic rings. The predicted octanol–water partition coefficient (Wildman–Crippen LogP) is 4.28. The summed E-state index contributed by atoms with van der Waals surface area (Å²) < 4.78 is 0. The van der Waals surface area contributed by atoms with E-state index in [2.05, 4.69) is 39.2 Å². The van der Waals surface area contributed by atoms with Crippen LogP contribution in [-0.2, 0) is 4.79 Å². The number of nitrogens with zero attached hydrogens (tertiary/aromatic N) is 3. The number of carbonyl (C=O) groups excluding carboxylic acids is 1. The first-order chi connectivity index (χ1) is 14.2. The fourth-order valence-corrected chi connectivity index (χ4v) is 3.22. The molecule has 0 aliphatic carbocycles. The lowest BCUT2D eigenvalue weighted by Gasteiger charge is -2.29.